The summed E-state index contributed by atoms with van der Waals surface area (Å²) < 4.78 is 0. The predicted octanol–water partition coefficient (Wildman–Crippen LogP) is 3.60. The third-order valence-electron chi connectivity index (χ3n) is 4.00. The van der Waals surface area contributed by atoms with Crippen LogP contribution in [0.1, 0.15) is 23.5 Å². The van der Waals surface area contributed by atoms with Gasteiger partial charge in [0.05, 0.1) is 6.42 Å². The zero-order chi connectivity index (χ0) is 15.4. The third-order valence-corrected chi connectivity index (χ3v) is 4.26. The molecule has 1 atom stereocenters. The Hall–Kier alpha value is -1.84. The van der Waals surface area contributed by atoms with Gasteiger partial charge in [0.15, 0.2) is 0 Å². The molecule has 0 aliphatic carbocycles. The minimum absolute atomic E-state index is 0.0161. The first kappa shape index (κ1) is 15.1. The van der Waals surface area contributed by atoms with E-state index in [4.69, 9.17) is 11.6 Å². The average molecular weight is 315 g/mol. The Balaban J connectivity index is 1.57. The molecule has 114 valence electrons. The van der Waals surface area contributed by atoms with Gasteiger partial charge in [-0.2, -0.15) is 0 Å². The molecule has 0 saturated carbocycles. The second-order valence-electron chi connectivity index (χ2n) is 5.66. The van der Waals surface area contributed by atoms with Crippen LogP contribution >= 0.6 is 11.6 Å². The summed E-state index contributed by atoms with van der Waals surface area (Å²) >= 11 is 5.84. The first-order valence-electron chi connectivity index (χ1n) is 7.56. The topological polar surface area (TPSA) is 41.1 Å². The summed E-state index contributed by atoms with van der Waals surface area (Å²) in [7, 11) is 0. The molecule has 3 nitrogen and oxygen atoms in total. The fourth-order valence-corrected chi connectivity index (χ4v) is 2.90. The Morgan fingerprint density at radius 2 is 1.86 bits per heavy atom. The SMILES string of the molecule is O=C(Cc1ccc(Cl)cc1)Nc1ccc(C2CCNC2)cc1. The summed E-state index contributed by atoms with van der Waals surface area (Å²) in [6.07, 6.45) is 1.54. The Bertz CT molecular complexity index is 631. The molecule has 1 amide bonds. The van der Waals surface area contributed by atoms with E-state index in [1.807, 2.05) is 24.3 Å². The molecule has 0 aromatic heterocycles. The molecule has 0 bridgehead atoms. The summed E-state index contributed by atoms with van der Waals surface area (Å²) in [5.41, 5.74) is 3.13. The quantitative estimate of drug-likeness (QED) is 0.905. The van der Waals surface area contributed by atoms with E-state index in [0.29, 0.717) is 17.4 Å². The molecule has 0 spiro atoms. The Morgan fingerprint density at radius 3 is 2.50 bits per heavy atom. The molecule has 1 saturated heterocycles. The number of hydrogen-bond acceptors (Lipinski definition) is 2. The van der Waals surface area contributed by atoms with Gasteiger partial charge in [0.25, 0.3) is 0 Å². The van der Waals surface area contributed by atoms with Crippen LogP contribution < -0.4 is 10.6 Å². The van der Waals surface area contributed by atoms with Crippen molar-refractivity contribution >= 4 is 23.2 Å². The fourth-order valence-electron chi connectivity index (χ4n) is 2.77. The molecule has 1 heterocycles. The first-order valence-corrected chi connectivity index (χ1v) is 7.93. The van der Waals surface area contributed by atoms with E-state index in [-0.39, 0.29) is 5.91 Å². The lowest BCUT2D eigenvalue weighted by molar-refractivity contribution is -0.115. The third kappa shape index (κ3) is 3.87. The zero-order valence-electron chi connectivity index (χ0n) is 12.3. The van der Waals surface area contributed by atoms with Crippen molar-refractivity contribution in [3.05, 3.63) is 64.7 Å². The van der Waals surface area contributed by atoms with Crippen LogP contribution in [0, 0.1) is 0 Å². The van der Waals surface area contributed by atoms with Crippen molar-refractivity contribution in [1.82, 2.24) is 5.32 Å². The van der Waals surface area contributed by atoms with Crippen molar-refractivity contribution in [3.8, 4) is 0 Å². The minimum Gasteiger partial charge on any atom is -0.326 e. The zero-order valence-corrected chi connectivity index (χ0v) is 13.1. The van der Waals surface area contributed by atoms with Crippen molar-refractivity contribution in [1.29, 1.82) is 0 Å². The smallest absolute Gasteiger partial charge is 0.228 e. The van der Waals surface area contributed by atoms with Gasteiger partial charge in [-0.3, -0.25) is 4.79 Å². The van der Waals surface area contributed by atoms with E-state index in [1.165, 1.54) is 12.0 Å². The lowest BCUT2D eigenvalue weighted by Gasteiger charge is -2.10. The number of hydrogen-bond donors (Lipinski definition) is 2. The number of benzene rings is 2. The van der Waals surface area contributed by atoms with Gasteiger partial charge in [0, 0.05) is 17.3 Å². The summed E-state index contributed by atoms with van der Waals surface area (Å²) in [5, 5.41) is 6.99. The maximum absolute atomic E-state index is 12.1. The molecule has 1 unspecified atom stereocenters. The second-order valence-corrected chi connectivity index (χ2v) is 6.10. The van der Waals surface area contributed by atoms with Crippen LogP contribution in [0.25, 0.3) is 0 Å². The molecule has 1 aliphatic heterocycles. The van der Waals surface area contributed by atoms with Crippen LogP contribution in [0.5, 0.6) is 0 Å². The van der Waals surface area contributed by atoms with E-state index in [2.05, 4.69) is 22.8 Å². The van der Waals surface area contributed by atoms with Crippen molar-refractivity contribution in [2.75, 3.05) is 18.4 Å². The van der Waals surface area contributed by atoms with E-state index in [9.17, 15) is 4.79 Å². The molecule has 22 heavy (non-hydrogen) atoms. The molecule has 3 rings (SSSR count). The summed E-state index contributed by atoms with van der Waals surface area (Å²) in [6.45, 7) is 2.13. The number of nitrogens with one attached hydrogen (secondary N) is 2. The molecule has 2 aromatic rings. The van der Waals surface area contributed by atoms with Crippen LogP contribution in [-0.4, -0.2) is 19.0 Å². The van der Waals surface area contributed by atoms with Gasteiger partial charge in [-0.1, -0.05) is 35.9 Å². The van der Waals surface area contributed by atoms with E-state index >= 15 is 0 Å². The van der Waals surface area contributed by atoms with Gasteiger partial charge >= 0.3 is 0 Å². The van der Waals surface area contributed by atoms with Gasteiger partial charge in [0.1, 0.15) is 0 Å². The van der Waals surface area contributed by atoms with Crippen LogP contribution in [0.4, 0.5) is 5.69 Å². The summed E-state index contributed by atoms with van der Waals surface area (Å²) in [6, 6.07) is 15.5. The number of anilines is 1. The Labute approximate surface area is 135 Å². The lowest BCUT2D eigenvalue weighted by Crippen LogP contribution is -2.14. The van der Waals surface area contributed by atoms with Gasteiger partial charge in [0.2, 0.25) is 5.91 Å². The van der Waals surface area contributed by atoms with Crippen LogP contribution in [0.15, 0.2) is 48.5 Å². The number of carbonyl (C=O) groups excluding carboxylic acids is 1. The fraction of sp³-hybridized carbons (Fsp3) is 0.278. The summed E-state index contributed by atoms with van der Waals surface area (Å²) in [5.74, 6) is 0.580. The van der Waals surface area contributed by atoms with E-state index in [1.54, 1.807) is 12.1 Å². The maximum Gasteiger partial charge on any atom is 0.228 e. The lowest BCUT2D eigenvalue weighted by atomic mass is 9.98. The highest BCUT2D eigenvalue weighted by Crippen LogP contribution is 2.23. The predicted molar refractivity (Wildman–Crippen MR) is 90.5 cm³/mol. The molecule has 4 heteroatoms. The van der Waals surface area contributed by atoms with Crippen molar-refractivity contribution in [2.24, 2.45) is 0 Å². The molecule has 2 N–H and O–H groups in total. The van der Waals surface area contributed by atoms with Gasteiger partial charge in [-0.05, 0) is 54.3 Å². The largest absolute Gasteiger partial charge is 0.326 e. The Morgan fingerprint density at radius 1 is 1.14 bits per heavy atom. The highest BCUT2D eigenvalue weighted by molar-refractivity contribution is 6.30. The monoisotopic (exact) mass is 314 g/mol. The van der Waals surface area contributed by atoms with Gasteiger partial charge in [-0.15, -0.1) is 0 Å². The highest BCUT2D eigenvalue weighted by Gasteiger charge is 2.16. The molecular formula is C18H19ClN2O. The van der Waals surface area contributed by atoms with Gasteiger partial charge in [-0.25, -0.2) is 0 Å². The van der Waals surface area contributed by atoms with Crippen LogP contribution in [-0.2, 0) is 11.2 Å². The number of amides is 1. The van der Waals surface area contributed by atoms with Gasteiger partial charge < -0.3 is 10.6 Å². The molecule has 0 radical (unpaired) electrons. The normalized spacial score (nSPS) is 17.4. The minimum atomic E-state index is -0.0161. The standard InChI is InChI=1S/C18H19ClN2O/c19-16-5-1-13(2-6-16)11-18(22)21-17-7-3-14(4-8-17)15-9-10-20-12-15/h1-8,15,20H,9-12H2,(H,21,22). The Kier molecular flexibility index (Phi) is 4.76. The maximum atomic E-state index is 12.1. The van der Waals surface area contributed by atoms with E-state index in [0.717, 1.165) is 24.3 Å². The molecule has 1 fully saturated rings. The molecular weight excluding hydrogens is 296 g/mol. The second kappa shape index (κ2) is 6.95. The average Bonchev–Trinajstić information content (AvgIpc) is 3.05. The van der Waals surface area contributed by atoms with Crippen LogP contribution in [0.3, 0.4) is 0 Å². The number of rotatable bonds is 4. The first-order chi connectivity index (χ1) is 10.7. The molecule has 1 aliphatic rings. The number of halogens is 1. The van der Waals surface area contributed by atoms with Crippen LogP contribution in [0.2, 0.25) is 5.02 Å². The molecule has 2 aromatic carbocycles. The summed E-state index contributed by atoms with van der Waals surface area (Å²) in [4.78, 5) is 12.1. The van der Waals surface area contributed by atoms with Crippen molar-refractivity contribution in [2.45, 2.75) is 18.8 Å². The highest BCUT2D eigenvalue weighted by atomic mass is 35.5. The van der Waals surface area contributed by atoms with Crippen molar-refractivity contribution in [3.63, 3.8) is 0 Å². The van der Waals surface area contributed by atoms with E-state index < -0.39 is 0 Å². The van der Waals surface area contributed by atoms with Crippen molar-refractivity contribution < 1.29 is 4.79 Å². The number of carbonyl (C=O) groups is 1.